The number of rotatable bonds is 1. The molecular weight excluding hydrogens is 328 g/mol. The van der Waals surface area contributed by atoms with Crippen LogP contribution in [0.25, 0.3) is 0 Å². The molecule has 4 rings (SSSR count). The topological polar surface area (TPSA) is 42.0 Å². The molecule has 1 aromatic carbocycles. The minimum Gasteiger partial charge on any atom is -0.493 e. The Hall–Kier alpha value is -1.91. The molecule has 26 heavy (non-hydrogen) atoms. The maximum atomic E-state index is 12.6. The average Bonchev–Trinajstić information content (AvgIpc) is 2.83. The first kappa shape index (κ1) is 17.5. The van der Waals surface area contributed by atoms with E-state index in [2.05, 4.69) is 30.0 Å². The summed E-state index contributed by atoms with van der Waals surface area (Å²) in [5.41, 5.74) is 2.07. The van der Waals surface area contributed by atoms with Crippen molar-refractivity contribution in [2.24, 2.45) is 5.92 Å². The highest BCUT2D eigenvalue weighted by atomic mass is 16.6. The van der Waals surface area contributed by atoms with Crippen LogP contribution in [-0.4, -0.2) is 48.4 Å². The molecule has 3 unspecified atom stereocenters. The molecule has 2 bridgehead atoms. The fourth-order valence-corrected chi connectivity index (χ4v) is 4.44. The molecule has 0 N–H and O–H groups in total. The molecule has 3 heterocycles. The van der Waals surface area contributed by atoms with Gasteiger partial charge in [0.2, 0.25) is 0 Å². The number of ether oxygens (including phenoxy) is 2. The minimum absolute atomic E-state index is 0.160. The summed E-state index contributed by atoms with van der Waals surface area (Å²) >= 11 is 0. The Balaban J connectivity index is 1.48. The first-order chi connectivity index (χ1) is 12.3. The van der Waals surface area contributed by atoms with Crippen LogP contribution in [0.2, 0.25) is 0 Å². The van der Waals surface area contributed by atoms with Gasteiger partial charge >= 0.3 is 6.09 Å². The van der Waals surface area contributed by atoms with Gasteiger partial charge in [0.05, 0.1) is 18.7 Å². The summed E-state index contributed by atoms with van der Waals surface area (Å²) in [5, 5.41) is 0. The molecule has 0 radical (unpaired) electrons. The van der Waals surface area contributed by atoms with E-state index in [1.54, 1.807) is 0 Å². The highest BCUT2D eigenvalue weighted by Gasteiger charge is 2.44. The third-order valence-electron chi connectivity index (χ3n) is 5.59. The van der Waals surface area contributed by atoms with E-state index in [0.29, 0.717) is 5.92 Å². The fraction of sp³-hybridized carbons (Fsp3) is 0.667. The number of carbonyl (C=O) groups is 1. The van der Waals surface area contributed by atoms with E-state index in [4.69, 9.17) is 9.47 Å². The molecule has 5 nitrogen and oxygen atoms in total. The molecule has 0 spiro atoms. The van der Waals surface area contributed by atoms with Crippen molar-refractivity contribution in [3.63, 3.8) is 0 Å². The van der Waals surface area contributed by atoms with Gasteiger partial charge in [0.1, 0.15) is 11.4 Å². The summed E-state index contributed by atoms with van der Waals surface area (Å²) in [4.78, 5) is 17.0. The number of hydrogen-bond donors (Lipinski definition) is 0. The van der Waals surface area contributed by atoms with E-state index >= 15 is 0 Å². The summed E-state index contributed by atoms with van der Waals surface area (Å²) in [6, 6.07) is 7.08. The SMILES string of the molecule is CC1COc2cc(N3CC4CCC(C3)N4C(=O)OC(C)(C)C)ccc2C1. The number of piperazine rings is 1. The molecule has 0 saturated carbocycles. The third-order valence-corrected chi connectivity index (χ3v) is 5.59. The van der Waals surface area contributed by atoms with E-state index in [-0.39, 0.29) is 18.2 Å². The number of nitrogens with zero attached hydrogens (tertiary/aromatic N) is 2. The van der Waals surface area contributed by atoms with Crippen LogP contribution in [0.4, 0.5) is 10.5 Å². The molecule has 2 saturated heterocycles. The van der Waals surface area contributed by atoms with Crippen molar-refractivity contribution in [1.29, 1.82) is 0 Å². The Morgan fingerprint density at radius 2 is 1.88 bits per heavy atom. The average molecular weight is 358 g/mol. The van der Waals surface area contributed by atoms with Crippen molar-refractivity contribution >= 4 is 11.8 Å². The zero-order valence-electron chi connectivity index (χ0n) is 16.3. The van der Waals surface area contributed by atoms with Gasteiger partial charge < -0.3 is 14.4 Å². The monoisotopic (exact) mass is 358 g/mol. The second-order valence-electron chi connectivity index (χ2n) is 9.09. The second-order valence-corrected chi connectivity index (χ2v) is 9.09. The van der Waals surface area contributed by atoms with E-state index in [1.807, 2.05) is 25.7 Å². The predicted octanol–water partition coefficient (Wildman–Crippen LogP) is 3.85. The Morgan fingerprint density at radius 1 is 1.19 bits per heavy atom. The summed E-state index contributed by atoms with van der Waals surface area (Å²) in [5.74, 6) is 1.61. The van der Waals surface area contributed by atoms with Crippen molar-refractivity contribution < 1.29 is 14.3 Å². The lowest BCUT2D eigenvalue weighted by Gasteiger charge is -2.42. The molecule has 3 aliphatic rings. The van der Waals surface area contributed by atoms with Gasteiger partial charge in [0.25, 0.3) is 0 Å². The zero-order valence-corrected chi connectivity index (χ0v) is 16.3. The first-order valence-corrected chi connectivity index (χ1v) is 9.82. The van der Waals surface area contributed by atoms with Crippen LogP contribution >= 0.6 is 0 Å². The van der Waals surface area contributed by atoms with Crippen LogP contribution in [0.15, 0.2) is 18.2 Å². The summed E-state index contributed by atoms with van der Waals surface area (Å²) in [7, 11) is 0. The van der Waals surface area contributed by atoms with E-state index in [1.165, 1.54) is 11.3 Å². The quantitative estimate of drug-likeness (QED) is 0.765. The standard InChI is InChI=1S/C21H30N2O3/c1-14-9-15-5-6-16(10-19(15)25-13-14)22-11-17-7-8-18(12-22)23(17)20(24)26-21(2,3)4/h5-6,10,14,17-18H,7-9,11-13H2,1-4H3. The zero-order chi connectivity index (χ0) is 18.5. The Kier molecular flexibility index (Phi) is 4.28. The summed E-state index contributed by atoms with van der Waals surface area (Å²) in [6.07, 6.45) is 3.04. The van der Waals surface area contributed by atoms with E-state index < -0.39 is 5.60 Å². The van der Waals surface area contributed by atoms with Gasteiger partial charge in [-0.1, -0.05) is 13.0 Å². The van der Waals surface area contributed by atoms with Crippen LogP contribution in [0.1, 0.15) is 46.1 Å². The maximum Gasteiger partial charge on any atom is 0.410 e. The van der Waals surface area contributed by atoms with Gasteiger partial charge in [-0.3, -0.25) is 4.90 Å². The molecular formula is C21H30N2O3. The molecule has 0 aliphatic carbocycles. The fourth-order valence-electron chi connectivity index (χ4n) is 4.44. The van der Waals surface area contributed by atoms with Crippen LogP contribution < -0.4 is 9.64 Å². The van der Waals surface area contributed by atoms with Gasteiger partial charge in [-0.2, -0.15) is 0 Å². The van der Waals surface area contributed by atoms with Gasteiger partial charge in [-0.15, -0.1) is 0 Å². The lowest BCUT2D eigenvalue weighted by molar-refractivity contribution is 0.0123. The number of anilines is 1. The number of benzene rings is 1. The van der Waals surface area contributed by atoms with Gasteiger partial charge in [0, 0.05) is 24.8 Å². The number of amides is 1. The molecule has 2 fully saturated rings. The highest BCUT2D eigenvalue weighted by Crippen LogP contribution is 2.36. The Labute approximate surface area is 156 Å². The molecule has 3 aliphatic heterocycles. The van der Waals surface area contributed by atoms with Crippen molar-refractivity contribution in [1.82, 2.24) is 4.90 Å². The largest absolute Gasteiger partial charge is 0.493 e. The highest BCUT2D eigenvalue weighted by molar-refractivity contribution is 5.70. The van der Waals surface area contributed by atoms with Crippen molar-refractivity contribution in [3.05, 3.63) is 23.8 Å². The smallest absolute Gasteiger partial charge is 0.410 e. The maximum absolute atomic E-state index is 12.6. The first-order valence-electron chi connectivity index (χ1n) is 9.82. The molecule has 142 valence electrons. The van der Waals surface area contributed by atoms with Crippen LogP contribution in [0.3, 0.4) is 0 Å². The van der Waals surface area contributed by atoms with Gasteiger partial charge in [-0.05, 0) is 57.6 Å². The van der Waals surface area contributed by atoms with Crippen molar-refractivity contribution in [2.45, 2.75) is 64.6 Å². The third kappa shape index (κ3) is 3.36. The van der Waals surface area contributed by atoms with Crippen molar-refractivity contribution in [3.8, 4) is 5.75 Å². The summed E-state index contributed by atoms with van der Waals surface area (Å²) < 4.78 is 11.6. The lowest BCUT2D eigenvalue weighted by atomic mass is 9.98. The molecule has 3 atom stereocenters. The summed E-state index contributed by atoms with van der Waals surface area (Å²) in [6.45, 7) is 10.5. The second kappa shape index (κ2) is 6.36. The van der Waals surface area contributed by atoms with Crippen LogP contribution in [-0.2, 0) is 11.2 Å². The Morgan fingerprint density at radius 3 is 2.54 bits per heavy atom. The Bertz CT molecular complexity index is 683. The van der Waals surface area contributed by atoms with Crippen LogP contribution in [0, 0.1) is 5.92 Å². The minimum atomic E-state index is -0.444. The molecule has 5 heteroatoms. The molecule has 1 amide bonds. The lowest BCUT2D eigenvalue weighted by Crippen LogP contribution is -2.56. The van der Waals surface area contributed by atoms with Gasteiger partial charge in [-0.25, -0.2) is 4.79 Å². The normalized spacial score (nSPS) is 27.8. The van der Waals surface area contributed by atoms with Gasteiger partial charge in [0.15, 0.2) is 0 Å². The number of carbonyl (C=O) groups excluding carboxylic acids is 1. The van der Waals surface area contributed by atoms with Crippen LogP contribution in [0.5, 0.6) is 5.75 Å². The predicted molar refractivity (Wildman–Crippen MR) is 102 cm³/mol. The van der Waals surface area contributed by atoms with E-state index in [0.717, 1.165) is 44.7 Å². The van der Waals surface area contributed by atoms with Crippen molar-refractivity contribution in [2.75, 3.05) is 24.6 Å². The molecule has 1 aromatic rings. The molecule has 0 aromatic heterocycles. The number of hydrogen-bond acceptors (Lipinski definition) is 4. The number of fused-ring (bicyclic) bond motifs is 3. The van der Waals surface area contributed by atoms with E-state index in [9.17, 15) is 4.79 Å².